The quantitative estimate of drug-likeness (QED) is 0.591. The minimum atomic E-state index is -0.640. The number of ketones is 1. The smallest absolute Gasteiger partial charge is 0.246 e. The first-order chi connectivity index (χ1) is 15.2. The van der Waals surface area contributed by atoms with Gasteiger partial charge in [0.05, 0.1) is 12.1 Å². The van der Waals surface area contributed by atoms with Crippen molar-refractivity contribution in [2.24, 2.45) is 5.92 Å². The van der Waals surface area contributed by atoms with Crippen LogP contribution in [0.3, 0.4) is 0 Å². The maximum Gasteiger partial charge on any atom is 0.246 e. The number of likely N-dealkylation sites (tertiary alicyclic amines) is 1. The van der Waals surface area contributed by atoms with Crippen molar-refractivity contribution >= 4 is 28.9 Å². The van der Waals surface area contributed by atoms with E-state index in [9.17, 15) is 18.8 Å². The lowest BCUT2D eigenvalue weighted by molar-refractivity contribution is -0.138. The van der Waals surface area contributed by atoms with E-state index in [0.717, 1.165) is 12.8 Å². The van der Waals surface area contributed by atoms with Gasteiger partial charge < -0.3 is 15.5 Å². The molecule has 32 heavy (non-hydrogen) atoms. The fourth-order valence-electron chi connectivity index (χ4n) is 3.68. The normalized spacial score (nSPS) is 17.9. The lowest BCUT2D eigenvalue weighted by Gasteiger charge is -2.31. The molecule has 2 N–H and O–H groups in total. The van der Waals surface area contributed by atoms with E-state index in [2.05, 4.69) is 15.6 Å². The average Bonchev–Trinajstić information content (AvgIpc) is 3.45. The Morgan fingerprint density at radius 1 is 1.19 bits per heavy atom. The van der Waals surface area contributed by atoms with Crippen molar-refractivity contribution < 1.29 is 18.8 Å². The Bertz CT molecular complexity index is 976. The van der Waals surface area contributed by atoms with Gasteiger partial charge >= 0.3 is 0 Å². The van der Waals surface area contributed by atoms with Crippen molar-refractivity contribution in [1.82, 2.24) is 20.5 Å². The van der Waals surface area contributed by atoms with Crippen LogP contribution in [0.2, 0.25) is 0 Å². The number of hydrogen-bond donors (Lipinski definition) is 2. The van der Waals surface area contributed by atoms with E-state index < -0.39 is 17.9 Å². The van der Waals surface area contributed by atoms with Gasteiger partial charge in [0.25, 0.3) is 0 Å². The van der Waals surface area contributed by atoms with Crippen molar-refractivity contribution in [3.05, 3.63) is 51.7 Å². The van der Waals surface area contributed by atoms with E-state index in [4.69, 9.17) is 0 Å². The van der Waals surface area contributed by atoms with Crippen molar-refractivity contribution in [2.75, 3.05) is 13.6 Å². The Morgan fingerprint density at radius 2 is 1.88 bits per heavy atom. The van der Waals surface area contributed by atoms with Crippen molar-refractivity contribution in [2.45, 2.75) is 51.7 Å². The van der Waals surface area contributed by atoms with Gasteiger partial charge in [-0.2, -0.15) is 0 Å². The van der Waals surface area contributed by atoms with Crippen LogP contribution in [0.5, 0.6) is 0 Å². The monoisotopic (exact) mass is 460 g/mol. The van der Waals surface area contributed by atoms with Gasteiger partial charge in [-0.3, -0.25) is 14.4 Å². The fourth-order valence-corrected chi connectivity index (χ4v) is 4.63. The highest BCUT2D eigenvalue weighted by Gasteiger charge is 2.37. The summed E-state index contributed by atoms with van der Waals surface area (Å²) in [5.74, 6) is -1.13. The molecule has 1 fully saturated rings. The molecule has 3 atom stereocenters. The highest BCUT2D eigenvalue weighted by molar-refractivity contribution is 7.10. The van der Waals surface area contributed by atoms with Gasteiger partial charge in [0.2, 0.25) is 17.6 Å². The zero-order chi connectivity index (χ0) is 23.4. The van der Waals surface area contributed by atoms with Crippen LogP contribution in [0.4, 0.5) is 4.39 Å². The summed E-state index contributed by atoms with van der Waals surface area (Å²) in [6.45, 7) is 6.12. The number of nitrogens with one attached hydrogen (secondary N) is 2. The van der Waals surface area contributed by atoms with E-state index in [1.54, 1.807) is 24.3 Å². The van der Waals surface area contributed by atoms with Gasteiger partial charge in [-0.1, -0.05) is 13.8 Å². The lowest BCUT2D eigenvalue weighted by Crippen LogP contribution is -2.54. The second-order valence-corrected chi connectivity index (χ2v) is 9.23. The maximum absolute atomic E-state index is 13.4. The highest BCUT2D eigenvalue weighted by Crippen LogP contribution is 2.35. The Balaban J connectivity index is 1.77. The molecule has 0 aliphatic carbocycles. The Hall–Kier alpha value is -2.65. The van der Waals surface area contributed by atoms with E-state index in [0.29, 0.717) is 17.1 Å². The number of amides is 2. The molecule has 0 spiro atoms. The molecule has 2 heterocycles. The molecular weight excluding hydrogens is 431 g/mol. The first-order valence-corrected chi connectivity index (χ1v) is 11.6. The van der Waals surface area contributed by atoms with Crippen LogP contribution in [-0.4, -0.2) is 53.2 Å². The van der Waals surface area contributed by atoms with Crippen LogP contribution >= 0.6 is 11.3 Å². The van der Waals surface area contributed by atoms with E-state index >= 15 is 0 Å². The number of halogens is 1. The van der Waals surface area contributed by atoms with E-state index in [1.807, 2.05) is 13.8 Å². The number of likely N-dealkylation sites (N-methyl/N-ethyl adjacent to an activating group) is 1. The van der Waals surface area contributed by atoms with Crippen molar-refractivity contribution in [1.29, 1.82) is 0 Å². The number of aromatic nitrogens is 1. The van der Waals surface area contributed by atoms with E-state index in [1.165, 1.54) is 35.6 Å². The Kier molecular flexibility index (Phi) is 7.73. The maximum atomic E-state index is 13.4. The summed E-state index contributed by atoms with van der Waals surface area (Å²) in [4.78, 5) is 44.7. The summed E-state index contributed by atoms with van der Waals surface area (Å²) in [5.41, 5.74) is 0.649. The third-order valence-corrected chi connectivity index (χ3v) is 6.68. The predicted octanol–water partition coefficient (Wildman–Crippen LogP) is 2.93. The molecule has 1 unspecified atom stereocenters. The third-order valence-electron chi connectivity index (χ3n) is 5.74. The number of hydrogen-bond acceptors (Lipinski definition) is 6. The van der Waals surface area contributed by atoms with Crippen LogP contribution in [-0.2, 0) is 9.59 Å². The highest BCUT2D eigenvalue weighted by atomic mass is 32.1. The minimum absolute atomic E-state index is 0.0799. The molecular formula is C23H29FN4O3S. The predicted molar refractivity (Wildman–Crippen MR) is 121 cm³/mol. The SMILES string of the molecule is CN[C@@H](C)C(=O)NC(C(=O)N1CCC[C@H]1c1nc(C(=O)c2ccc(F)cc2)cs1)C(C)C. The molecule has 2 amide bonds. The molecule has 0 saturated carbocycles. The van der Waals surface area contributed by atoms with Crippen molar-refractivity contribution in [3.8, 4) is 0 Å². The van der Waals surface area contributed by atoms with Crippen LogP contribution < -0.4 is 10.6 Å². The molecule has 172 valence electrons. The average molecular weight is 461 g/mol. The second kappa shape index (κ2) is 10.3. The van der Waals surface area contributed by atoms with Gasteiger partial charge in [0.15, 0.2) is 0 Å². The van der Waals surface area contributed by atoms with Crippen LogP contribution in [0.15, 0.2) is 29.6 Å². The Labute approximate surface area is 191 Å². The standard InChI is InChI=1S/C23H29FN4O3S/c1-13(2)19(27-21(30)14(3)25-4)23(31)28-11-5-6-18(28)22-26-17(12-32-22)20(29)15-7-9-16(24)10-8-15/h7-10,12-14,18-19,25H,5-6,11H2,1-4H3,(H,27,30)/t14-,18-,19?/m0/s1. The Morgan fingerprint density at radius 3 is 2.50 bits per heavy atom. The summed E-state index contributed by atoms with van der Waals surface area (Å²) >= 11 is 1.34. The number of benzene rings is 1. The zero-order valence-corrected chi connectivity index (χ0v) is 19.5. The van der Waals surface area contributed by atoms with Crippen LogP contribution in [0.25, 0.3) is 0 Å². The molecule has 3 rings (SSSR count). The fraction of sp³-hybridized carbons (Fsp3) is 0.478. The lowest BCUT2D eigenvalue weighted by atomic mass is 10.0. The number of thiazole rings is 1. The van der Waals surface area contributed by atoms with Crippen LogP contribution in [0.1, 0.15) is 60.7 Å². The molecule has 9 heteroatoms. The van der Waals surface area contributed by atoms with Gasteiger partial charge in [0.1, 0.15) is 22.6 Å². The number of nitrogens with zero attached hydrogens (tertiary/aromatic N) is 2. The molecule has 1 aliphatic rings. The molecule has 1 saturated heterocycles. The molecule has 1 aromatic carbocycles. The first-order valence-electron chi connectivity index (χ1n) is 10.8. The zero-order valence-electron chi connectivity index (χ0n) is 18.7. The molecule has 0 bridgehead atoms. The number of carbonyl (C=O) groups is 3. The van der Waals surface area contributed by atoms with Crippen molar-refractivity contribution in [3.63, 3.8) is 0 Å². The second-order valence-electron chi connectivity index (χ2n) is 8.34. The summed E-state index contributed by atoms with van der Waals surface area (Å²) in [5, 5.41) is 8.13. The van der Waals surface area contributed by atoms with Crippen LogP contribution in [0, 0.1) is 11.7 Å². The molecule has 1 aromatic heterocycles. The molecule has 0 radical (unpaired) electrons. The van der Waals surface area contributed by atoms with Gasteiger partial charge in [-0.05, 0) is 57.0 Å². The summed E-state index contributed by atoms with van der Waals surface area (Å²) < 4.78 is 13.2. The number of rotatable bonds is 8. The largest absolute Gasteiger partial charge is 0.343 e. The number of carbonyl (C=O) groups excluding carboxylic acids is 3. The molecule has 7 nitrogen and oxygen atoms in total. The minimum Gasteiger partial charge on any atom is -0.343 e. The van der Waals surface area contributed by atoms with E-state index in [-0.39, 0.29) is 35.3 Å². The van der Waals surface area contributed by atoms with Gasteiger partial charge in [-0.25, -0.2) is 9.37 Å². The van der Waals surface area contributed by atoms with Gasteiger partial charge in [-0.15, -0.1) is 11.3 Å². The summed E-state index contributed by atoms with van der Waals surface area (Å²) in [7, 11) is 1.69. The first kappa shape index (κ1) is 24.0. The van der Waals surface area contributed by atoms with Gasteiger partial charge in [0, 0.05) is 17.5 Å². The molecule has 1 aliphatic heterocycles. The third kappa shape index (κ3) is 5.21. The summed E-state index contributed by atoms with van der Waals surface area (Å²) in [6.07, 6.45) is 1.57. The molecule has 2 aromatic rings. The topological polar surface area (TPSA) is 91.4 Å². The summed E-state index contributed by atoms with van der Waals surface area (Å²) in [6, 6.07) is 4.08.